The number of thioether (sulfide) groups is 1. The number of aromatic amines is 1. The van der Waals surface area contributed by atoms with Crippen LogP contribution in [0.5, 0.6) is 0 Å². The van der Waals surface area contributed by atoms with E-state index in [1.165, 1.54) is 13.2 Å². The highest BCUT2D eigenvalue weighted by Crippen LogP contribution is 2.22. The molecule has 0 spiro atoms. The molecule has 0 radical (unpaired) electrons. The van der Waals surface area contributed by atoms with Crippen molar-refractivity contribution in [2.75, 3.05) is 43.6 Å². The van der Waals surface area contributed by atoms with Crippen LogP contribution in [-0.4, -0.2) is 60.5 Å². The molecule has 0 aliphatic carbocycles. The monoisotopic (exact) mass is 432 g/mol. The van der Waals surface area contributed by atoms with Crippen LogP contribution in [0.1, 0.15) is 12.6 Å². The van der Waals surface area contributed by atoms with E-state index in [0.717, 1.165) is 30.5 Å². The number of anilines is 2. The van der Waals surface area contributed by atoms with Gasteiger partial charge >= 0.3 is 5.97 Å². The first-order chi connectivity index (χ1) is 14.4. The molecule has 2 aromatic rings. The molecule has 3 rings (SSSR count). The number of rotatable bonds is 7. The molecule has 1 aromatic heterocycles. The van der Waals surface area contributed by atoms with Gasteiger partial charge in [0.05, 0.1) is 37.7 Å². The van der Waals surface area contributed by atoms with Crippen molar-refractivity contribution in [3.63, 3.8) is 0 Å². The van der Waals surface area contributed by atoms with Gasteiger partial charge in [0.25, 0.3) is 5.56 Å². The number of aromatic nitrogens is 2. The number of hydrogen-bond donors (Lipinski definition) is 2. The zero-order valence-electron chi connectivity index (χ0n) is 16.8. The van der Waals surface area contributed by atoms with Crippen molar-refractivity contribution in [1.29, 1.82) is 0 Å². The first-order valence-corrected chi connectivity index (χ1v) is 10.4. The van der Waals surface area contributed by atoms with Crippen LogP contribution in [0.25, 0.3) is 0 Å². The van der Waals surface area contributed by atoms with Crippen molar-refractivity contribution in [1.82, 2.24) is 9.97 Å². The van der Waals surface area contributed by atoms with Crippen LogP contribution in [0.15, 0.2) is 40.3 Å². The molecule has 1 aromatic carbocycles. The summed E-state index contributed by atoms with van der Waals surface area (Å²) in [5.41, 5.74) is 1.67. The van der Waals surface area contributed by atoms with E-state index in [1.807, 2.05) is 24.3 Å². The lowest BCUT2D eigenvalue weighted by Crippen LogP contribution is -2.36. The molecule has 2 N–H and O–H groups in total. The van der Waals surface area contributed by atoms with E-state index in [0.29, 0.717) is 24.6 Å². The molecule has 9 nitrogen and oxygen atoms in total. The third-order valence-corrected chi connectivity index (χ3v) is 5.48. The van der Waals surface area contributed by atoms with E-state index >= 15 is 0 Å². The third-order valence-electron chi connectivity index (χ3n) is 4.49. The molecule has 2 heterocycles. The number of benzene rings is 1. The molecule has 1 amide bonds. The van der Waals surface area contributed by atoms with Crippen LogP contribution in [0.4, 0.5) is 11.4 Å². The number of nitrogens with one attached hydrogen (secondary N) is 2. The summed E-state index contributed by atoms with van der Waals surface area (Å²) >= 11 is 1.11. The Bertz CT molecular complexity index is 941. The number of esters is 1. The molecule has 0 unspecified atom stereocenters. The van der Waals surface area contributed by atoms with E-state index in [4.69, 9.17) is 4.74 Å². The Morgan fingerprint density at radius 3 is 2.67 bits per heavy atom. The van der Waals surface area contributed by atoms with Crippen molar-refractivity contribution in [3.05, 3.63) is 46.4 Å². The SMILES string of the molecule is COC(=O)Cc1cc(=O)[nH]c(S[C@@H](C)C(=O)Nc2ccc(N3CCOCC3)cc2)n1. The Morgan fingerprint density at radius 2 is 2.00 bits per heavy atom. The molecule has 1 saturated heterocycles. The second-order valence-corrected chi connectivity index (χ2v) is 8.02. The number of methoxy groups -OCH3 is 1. The zero-order chi connectivity index (χ0) is 21.5. The lowest BCUT2D eigenvalue weighted by molar-refractivity contribution is -0.139. The molecular weight excluding hydrogens is 408 g/mol. The smallest absolute Gasteiger partial charge is 0.311 e. The predicted molar refractivity (Wildman–Crippen MR) is 114 cm³/mol. The lowest BCUT2D eigenvalue weighted by atomic mass is 10.2. The van der Waals surface area contributed by atoms with Crippen LogP contribution in [0, 0.1) is 0 Å². The summed E-state index contributed by atoms with van der Waals surface area (Å²) in [6.07, 6.45) is -0.107. The summed E-state index contributed by atoms with van der Waals surface area (Å²) in [6, 6.07) is 8.89. The minimum absolute atomic E-state index is 0.107. The molecule has 0 saturated carbocycles. The summed E-state index contributed by atoms with van der Waals surface area (Å²) < 4.78 is 9.96. The molecule has 1 aliphatic heterocycles. The van der Waals surface area contributed by atoms with E-state index in [-0.39, 0.29) is 17.5 Å². The number of carbonyl (C=O) groups is 2. The third kappa shape index (κ3) is 6.07. The van der Waals surface area contributed by atoms with Crippen molar-refractivity contribution < 1.29 is 19.1 Å². The first-order valence-electron chi connectivity index (χ1n) is 9.52. The van der Waals surface area contributed by atoms with Gasteiger partial charge in [-0.1, -0.05) is 11.8 Å². The van der Waals surface area contributed by atoms with E-state index < -0.39 is 16.8 Å². The molecule has 1 atom stereocenters. The van der Waals surface area contributed by atoms with Crippen LogP contribution < -0.4 is 15.8 Å². The average Bonchev–Trinajstić information content (AvgIpc) is 2.74. The molecule has 30 heavy (non-hydrogen) atoms. The lowest BCUT2D eigenvalue weighted by Gasteiger charge is -2.28. The number of morpholine rings is 1. The maximum atomic E-state index is 12.5. The van der Waals surface area contributed by atoms with Crippen molar-refractivity contribution in [2.45, 2.75) is 23.8 Å². The predicted octanol–water partition coefficient (Wildman–Crippen LogP) is 1.44. The van der Waals surface area contributed by atoms with Gasteiger partial charge in [0, 0.05) is 30.5 Å². The zero-order valence-corrected chi connectivity index (χ0v) is 17.7. The van der Waals surface area contributed by atoms with Gasteiger partial charge in [-0.15, -0.1) is 0 Å². The first kappa shape index (κ1) is 21.8. The standard InChI is InChI=1S/C20H24N4O5S/c1-13(30-20-22-15(11-17(25)23-20)12-18(26)28-2)19(27)21-14-3-5-16(6-4-14)24-7-9-29-10-8-24/h3-6,11,13H,7-10,12H2,1-2H3,(H,21,27)(H,22,23,25)/t13-/m0/s1. The minimum Gasteiger partial charge on any atom is -0.469 e. The molecule has 0 bridgehead atoms. The maximum absolute atomic E-state index is 12.5. The number of ether oxygens (including phenoxy) is 2. The van der Waals surface area contributed by atoms with Crippen LogP contribution >= 0.6 is 11.8 Å². The Balaban J connectivity index is 1.59. The molecular formula is C20H24N4O5S. The second kappa shape index (κ2) is 10.3. The number of amides is 1. The van der Waals surface area contributed by atoms with Crippen molar-refractivity contribution >= 4 is 35.0 Å². The van der Waals surface area contributed by atoms with Gasteiger partial charge in [-0.3, -0.25) is 14.4 Å². The van der Waals surface area contributed by atoms with Gasteiger partial charge in [0.2, 0.25) is 5.91 Å². The van der Waals surface area contributed by atoms with E-state index in [2.05, 4.69) is 24.9 Å². The van der Waals surface area contributed by atoms with Gasteiger partial charge in [-0.2, -0.15) is 0 Å². The topological polar surface area (TPSA) is 114 Å². The summed E-state index contributed by atoms with van der Waals surface area (Å²) in [6.45, 7) is 4.84. The molecule has 10 heteroatoms. The molecule has 160 valence electrons. The van der Waals surface area contributed by atoms with Crippen LogP contribution in [-0.2, 0) is 25.5 Å². The summed E-state index contributed by atoms with van der Waals surface area (Å²) in [4.78, 5) is 44.8. The number of hydrogen-bond acceptors (Lipinski definition) is 8. The Kier molecular flexibility index (Phi) is 7.47. The van der Waals surface area contributed by atoms with Gasteiger partial charge in [0.15, 0.2) is 5.16 Å². The summed E-state index contributed by atoms with van der Waals surface area (Å²) in [5.74, 6) is -0.712. The maximum Gasteiger partial charge on any atom is 0.311 e. The van der Waals surface area contributed by atoms with Crippen LogP contribution in [0.2, 0.25) is 0 Å². The highest BCUT2D eigenvalue weighted by atomic mass is 32.2. The minimum atomic E-state index is -0.513. The van der Waals surface area contributed by atoms with E-state index in [1.54, 1.807) is 6.92 Å². The summed E-state index contributed by atoms with van der Waals surface area (Å²) in [7, 11) is 1.27. The quantitative estimate of drug-likeness (QED) is 0.384. The fourth-order valence-electron chi connectivity index (χ4n) is 2.89. The largest absolute Gasteiger partial charge is 0.469 e. The Labute approximate surface area is 178 Å². The number of carbonyl (C=O) groups excluding carboxylic acids is 2. The fraction of sp³-hybridized carbons (Fsp3) is 0.400. The van der Waals surface area contributed by atoms with Crippen molar-refractivity contribution in [2.24, 2.45) is 0 Å². The number of H-pyrrole nitrogens is 1. The molecule has 1 fully saturated rings. The van der Waals surface area contributed by atoms with Crippen molar-refractivity contribution in [3.8, 4) is 0 Å². The highest BCUT2D eigenvalue weighted by molar-refractivity contribution is 8.00. The molecule has 1 aliphatic rings. The van der Waals surface area contributed by atoms with Gasteiger partial charge in [-0.05, 0) is 31.2 Å². The van der Waals surface area contributed by atoms with Crippen LogP contribution in [0.3, 0.4) is 0 Å². The number of nitrogens with zero attached hydrogens (tertiary/aromatic N) is 2. The Hall–Kier alpha value is -2.85. The average molecular weight is 433 g/mol. The summed E-state index contributed by atoms with van der Waals surface area (Å²) in [5, 5.41) is 2.62. The normalized spacial score (nSPS) is 14.8. The fourth-order valence-corrected chi connectivity index (χ4v) is 3.72. The van der Waals surface area contributed by atoms with Gasteiger partial charge in [-0.25, -0.2) is 4.98 Å². The van der Waals surface area contributed by atoms with Gasteiger partial charge < -0.3 is 24.7 Å². The van der Waals surface area contributed by atoms with Gasteiger partial charge in [0.1, 0.15) is 0 Å². The highest BCUT2D eigenvalue weighted by Gasteiger charge is 2.18. The second-order valence-electron chi connectivity index (χ2n) is 6.69. The van der Waals surface area contributed by atoms with E-state index in [9.17, 15) is 14.4 Å². The Morgan fingerprint density at radius 1 is 1.30 bits per heavy atom.